The molecule has 3 N–H and O–H groups in total. The Balaban J connectivity index is 3.02. The van der Waals surface area contributed by atoms with Crippen LogP contribution in [0.5, 0.6) is 0 Å². The van der Waals surface area contributed by atoms with Crippen molar-refractivity contribution >= 4 is 11.8 Å². The molecule has 1 heterocycles. The lowest BCUT2D eigenvalue weighted by molar-refractivity contribution is 0.588. The second-order valence-electron chi connectivity index (χ2n) is 4.65. The number of hydrazine groups is 1. The van der Waals surface area contributed by atoms with Crippen molar-refractivity contribution in [1.82, 2.24) is 9.97 Å². The predicted octanol–water partition coefficient (Wildman–Crippen LogP) is 2.48. The highest BCUT2D eigenvalue weighted by molar-refractivity contribution is 5.49. The van der Waals surface area contributed by atoms with E-state index in [-0.39, 0.29) is 0 Å². The normalized spacial score (nSPS) is 12.3. The number of aryl methyl sites for hydroxylation is 1. The monoisotopic (exact) mass is 251 g/mol. The SMILES string of the molecule is CCCCN(c1nc(NN)ncc1C)C(C)CC. The highest BCUT2D eigenvalue weighted by Gasteiger charge is 2.16. The van der Waals surface area contributed by atoms with Gasteiger partial charge < -0.3 is 4.90 Å². The molecule has 1 rings (SSSR count). The fourth-order valence-corrected chi connectivity index (χ4v) is 1.88. The molecule has 1 atom stereocenters. The van der Waals surface area contributed by atoms with E-state index in [4.69, 9.17) is 5.84 Å². The molecule has 0 spiro atoms. The number of nitrogens with one attached hydrogen (secondary N) is 1. The molecule has 102 valence electrons. The van der Waals surface area contributed by atoms with Crippen LogP contribution in [0.3, 0.4) is 0 Å². The van der Waals surface area contributed by atoms with Crippen molar-refractivity contribution in [2.45, 2.75) is 53.0 Å². The third-order valence-electron chi connectivity index (χ3n) is 3.22. The van der Waals surface area contributed by atoms with Crippen LogP contribution in [0.4, 0.5) is 11.8 Å². The Kier molecular flexibility index (Phi) is 5.85. The van der Waals surface area contributed by atoms with E-state index in [1.807, 2.05) is 13.1 Å². The minimum atomic E-state index is 0.468. The van der Waals surface area contributed by atoms with Crippen LogP contribution < -0.4 is 16.2 Å². The van der Waals surface area contributed by atoms with Crippen molar-refractivity contribution in [1.29, 1.82) is 0 Å². The molecule has 5 nitrogen and oxygen atoms in total. The van der Waals surface area contributed by atoms with Gasteiger partial charge in [-0.05, 0) is 26.7 Å². The maximum absolute atomic E-state index is 5.38. The van der Waals surface area contributed by atoms with Crippen LogP contribution in [0.1, 0.15) is 45.6 Å². The summed E-state index contributed by atoms with van der Waals surface area (Å²) in [5.41, 5.74) is 3.60. The van der Waals surface area contributed by atoms with E-state index in [9.17, 15) is 0 Å². The average Bonchev–Trinajstić information content (AvgIpc) is 2.40. The topological polar surface area (TPSA) is 67.1 Å². The second kappa shape index (κ2) is 7.16. The number of aromatic nitrogens is 2. The first kappa shape index (κ1) is 14.7. The molecule has 1 aromatic heterocycles. The Labute approximate surface area is 110 Å². The Morgan fingerprint density at radius 2 is 2.17 bits per heavy atom. The molecule has 5 heteroatoms. The number of nitrogens with two attached hydrogens (primary N) is 1. The van der Waals surface area contributed by atoms with Crippen molar-refractivity contribution < 1.29 is 0 Å². The van der Waals surface area contributed by atoms with Crippen LogP contribution in [-0.4, -0.2) is 22.6 Å². The fourth-order valence-electron chi connectivity index (χ4n) is 1.88. The molecule has 0 saturated carbocycles. The molecule has 0 radical (unpaired) electrons. The molecule has 0 saturated heterocycles. The number of rotatable bonds is 7. The first-order valence-corrected chi connectivity index (χ1v) is 6.70. The molecule has 0 aliphatic carbocycles. The molecular formula is C13H25N5. The van der Waals surface area contributed by atoms with Gasteiger partial charge >= 0.3 is 0 Å². The summed E-state index contributed by atoms with van der Waals surface area (Å²) >= 11 is 0. The second-order valence-corrected chi connectivity index (χ2v) is 4.65. The molecule has 0 fully saturated rings. The zero-order valence-corrected chi connectivity index (χ0v) is 11.9. The van der Waals surface area contributed by atoms with Gasteiger partial charge in [-0.15, -0.1) is 0 Å². The minimum Gasteiger partial charge on any atom is -0.354 e. The van der Waals surface area contributed by atoms with Gasteiger partial charge in [-0.25, -0.2) is 10.8 Å². The third kappa shape index (κ3) is 3.57. The molecule has 0 amide bonds. The Hall–Kier alpha value is -1.36. The van der Waals surface area contributed by atoms with E-state index >= 15 is 0 Å². The Morgan fingerprint density at radius 1 is 1.44 bits per heavy atom. The van der Waals surface area contributed by atoms with Crippen molar-refractivity contribution in [2.24, 2.45) is 5.84 Å². The van der Waals surface area contributed by atoms with Gasteiger partial charge in [0.05, 0.1) is 0 Å². The van der Waals surface area contributed by atoms with Gasteiger partial charge in [0.25, 0.3) is 0 Å². The van der Waals surface area contributed by atoms with Crippen molar-refractivity contribution in [3.63, 3.8) is 0 Å². The molecule has 0 aromatic carbocycles. The maximum Gasteiger partial charge on any atom is 0.239 e. The van der Waals surface area contributed by atoms with Crippen molar-refractivity contribution in [3.05, 3.63) is 11.8 Å². The lowest BCUT2D eigenvalue weighted by atomic mass is 10.1. The molecule has 0 bridgehead atoms. The molecular weight excluding hydrogens is 226 g/mol. The molecule has 1 aromatic rings. The average molecular weight is 251 g/mol. The third-order valence-corrected chi connectivity index (χ3v) is 3.22. The summed E-state index contributed by atoms with van der Waals surface area (Å²) in [6.07, 6.45) is 5.26. The first-order chi connectivity index (χ1) is 8.63. The maximum atomic E-state index is 5.38. The zero-order chi connectivity index (χ0) is 13.5. The molecule has 1 unspecified atom stereocenters. The largest absolute Gasteiger partial charge is 0.354 e. The van der Waals surface area contributed by atoms with Crippen LogP contribution in [-0.2, 0) is 0 Å². The zero-order valence-electron chi connectivity index (χ0n) is 11.9. The number of nitrogens with zero attached hydrogens (tertiary/aromatic N) is 3. The van der Waals surface area contributed by atoms with Crippen molar-refractivity contribution in [2.75, 3.05) is 16.9 Å². The molecule has 0 aliphatic heterocycles. The van der Waals surface area contributed by atoms with E-state index in [1.54, 1.807) is 0 Å². The predicted molar refractivity (Wildman–Crippen MR) is 76.6 cm³/mol. The standard InChI is InChI=1S/C13H25N5/c1-5-7-8-18(11(4)6-2)12-10(3)9-15-13(16-12)17-14/h9,11H,5-8,14H2,1-4H3,(H,15,16,17). The highest BCUT2D eigenvalue weighted by Crippen LogP contribution is 2.21. The summed E-state index contributed by atoms with van der Waals surface area (Å²) in [7, 11) is 0. The number of hydrogen-bond acceptors (Lipinski definition) is 5. The van der Waals surface area contributed by atoms with Gasteiger partial charge in [0.1, 0.15) is 5.82 Å². The van der Waals surface area contributed by atoms with Crippen LogP contribution in [0.25, 0.3) is 0 Å². The summed E-state index contributed by atoms with van der Waals surface area (Å²) in [5.74, 6) is 6.84. The van der Waals surface area contributed by atoms with E-state index in [2.05, 4.69) is 41.1 Å². The summed E-state index contributed by atoms with van der Waals surface area (Å²) in [6, 6.07) is 0.468. The first-order valence-electron chi connectivity index (χ1n) is 6.70. The smallest absolute Gasteiger partial charge is 0.239 e. The number of nitrogen functional groups attached to an aromatic ring is 1. The van der Waals surface area contributed by atoms with E-state index < -0.39 is 0 Å². The van der Waals surface area contributed by atoms with Crippen LogP contribution in [0, 0.1) is 6.92 Å². The highest BCUT2D eigenvalue weighted by atomic mass is 15.3. The lowest BCUT2D eigenvalue weighted by Crippen LogP contribution is -2.35. The van der Waals surface area contributed by atoms with Gasteiger partial charge in [-0.2, -0.15) is 4.98 Å². The number of hydrogen-bond donors (Lipinski definition) is 2. The van der Waals surface area contributed by atoms with Gasteiger partial charge in [0.2, 0.25) is 5.95 Å². The number of unbranched alkanes of at least 4 members (excludes halogenated alkanes) is 1. The summed E-state index contributed by atoms with van der Waals surface area (Å²) < 4.78 is 0. The summed E-state index contributed by atoms with van der Waals surface area (Å²) in [6.45, 7) is 9.69. The Morgan fingerprint density at radius 3 is 2.72 bits per heavy atom. The van der Waals surface area contributed by atoms with E-state index in [0.29, 0.717) is 12.0 Å². The number of anilines is 2. The van der Waals surface area contributed by atoms with E-state index in [1.165, 1.54) is 12.8 Å². The van der Waals surface area contributed by atoms with Gasteiger partial charge in [-0.3, -0.25) is 5.43 Å². The van der Waals surface area contributed by atoms with E-state index in [0.717, 1.165) is 24.3 Å². The molecule has 0 aliphatic rings. The minimum absolute atomic E-state index is 0.468. The van der Waals surface area contributed by atoms with Crippen LogP contribution in [0.2, 0.25) is 0 Å². The van der Waals surface area contributed by atoms with Gasteiger partial charge in [-0.1, -0.05) is 20.3 Å². The summed E-state index contributed by atoms with van der Waals surface area (Å²) in [4.78, 5) is 11.0. The lowest BCUT2D eigenvalue weighted by Gasteiger charge is -2.31. The van der Waals surface area contributed by atoms with Crippen molar-refractivity contribution in [3.8, 4) is 0 Å². The molecule has 18 heavy (non-hydrogen) atoms. The van der Waals surface area contributed by atoms with Crippen LogP contribution in [0.15, 0.2) is 6.20 Å². The fraction of sp³-hybridized carbons (Fsp3) is 0.692. The quantitative estimate of drug-likeness (QED) is 0.575. The Bertz CT molecular complexity index is 366. The van der Waals surface area contributed by atoms with Gasteiger partial charge in [0, 0.05) is 24.3 Å². The summed E-state index contributed by atoms with van der Waals surface area (Å²) in [5, 5.41) is 0. The van der Waals surface area contributed by atoms with Gasteiger partial charge in [0.15, 0.2) is 0 Å². The van der Waals surface area contributed by atoms with Crippen LogP contribution >= 0.6 is 0 Å².